The highest BCUT2D eigenvalue weighted by Crippen LogP contribution is 2.33. The summed E-state index contributed by atoms with van der Waals surface area (Å²) >= 11 is 0. The van der Waals surface area contributed by atoms with E-state index in [-0.39, 0.29) is 17.3 Å². The Labute approximate surface area is 105 Å². The maximum atomic E-state index is 11.2. The van der Waals surface area contributed by atoms with Crippen LogP contribution >= 0.6 is 0 Å². The molecule has 6 heteroatoms. The van der Waals surface area contributed by atoms with Crippen LogP contribution in [0.4, 0.5) is 11.4 Å². The molecule has 0 radical (unpaired) electrons. The molecule has 1 aromatic rings. The molecule has 1 saturated heterocycles. The van der Waals surface area contributed by atoms with Crippen molar-refractivity contribution in [2.24, 2.45) is 0 Å². The van der Waals surface area contributed by atoms with Crippen LogP contribution in [0.15, 0.2) is 18.2 Å². The lowest BCUT2D eigenvalue weighted by atomic mass is 10.1. The number of nitrogens with one attached hydrogen (secondary N) is 1. The van der Waals surface area contributed by atoms with Crippen molar-refractivity contribution < 1.29 is 4.92 Å². The summed E-state index contributed by atoms with van der Waals surface area (Å²) in [6, 6.07) is 7.03. The summed E-state index contributed by atoms with van der Waals surface area (Å²) in [6.07, 6.45) is 0. The van der Waals surface area contributed by atoms with Crippen molar-refractivity contribution in [1.29, 1.82) is 5.26 Å². The highest BCUT2D eigenvalue weighted by atomic mass is 16.6. The Morgan fingerprint density at radius 2 is 2.33 bits per heavy atom. The summed E-state index contributed by atoms with van der Waals surface area (Å²) in [5.74, 6) is 0. The first-order chi connectivity index (χ1) is 8.69. The van der Waals surface area contributed by atoms with Crippen molar-refractivity contribution >= 4 is 11.4 Å². The summed E-state index contributed by atoms with van der Waals surface area (Å²) < 4.78 is 0. The van der Waals surface area contributed by atoms with E-state index >= 15 is 0 Å². The molecule has 1 aromatic carbocycles. The molecule has 0 atom stereocenters. The van der Waals surface area contributed by atoms with Gasteiger partial charge in [0.1, 0.15) is 17.3 Å². The third-order valence-electron chi connectivity index (χ3n) is 3.17. The minimum absolute atomic E-state index is 0.0891. The van der Waals surface area contributed by atoms with Gasteiger partial charge in [-0.15, -0.1) is 0 Å². The Morgan fingerprint density at radius 1 is 1.61 bits per heavy atom. The van der Waals surface area contributed by atoms with Gasteiger partial charge >= 0.3 is 5.69 Å². The number of rotatable bonds is 4. The van der Waals surface area contributed by atoms with Crippen molar-refractivity contribution in [2.45, 2.75) is 13.0 Å². The van der Waals surface area contributed by atoms with E-state index in [1.807, 2.05) is 17.9 Å². The second kappa shape index (κ2) is 5.02. The maximum Gasteiger partial charge on any atom is 0.310 e. The molecule has 1 N–H and O–H groups in total. The predicted octanol–water partition coefficient (Wildman–Crippen LogP) is 1.26. The number of nitro groups is 1. The minimum Gasteiger partial charge on any atom is -0.361 e. The Hall–Kier alpha value is -2.13. The van der Waals surface area contributed by atoms with Gasteiger partial charge in [0.2, 0.25) is 0 Å². The monoisotopic (exact) mass is 246 g/mol. The standard InChI is InChI=1S/C12H14N4O2/c1-2-15(10-7-14-8-10)11-5-3-4-9(6-13)12(11)16(17)18/h3-5,10,14H,2,7-8H2,1H3. The van der Waals surface area contributed by atoms with E-state index < -0.39 is 4.92 Å². The van der Waals surface area contributed by atoms with E-state index in [1.165, 1.54) is 6.07 Å². The van der Waals surface area contributed by atoms with E-state index in [1.54, 1.807) is 12.1 Å². The first kappa shape index (κ1) is 12.3. The summed E-state index contributed by atoms with van der Waals surface area (Å²) in [4.78, 5) is 12.7. The van der Waals surface area contributed by atoms with Gasteiger partial charge in [-0.1, -0.05) is 6.07 Å². The number of hydrogen-bond donors (Lipinski definition) is 1. The molecule has 0 amide bonds. The number of nitrogens with zero attached hydrogens (tertiary/aromatic N) is 3. The van der Waals surface area contributed by atoms with Gasteiger partial charge in [-0.05, 0) is 19.1 Å². The highest BCUT2D eigenvalue weighted by molar-refractivity contribution is 5.70. The van der Waals surface area contributed by atoms with Gasteiger partial charge in [0.15, 0.2) is 0 Å². The van der Waals surface area contributed by atoms with Crippen molar-refractivity contribution in [3.05, 3.63) is 33.9 Å². The molecule has 0 spiro atoms. The van der Waals surface area contributed by atoms with E-state index in [0.29, 0.717) is 12.2 Å². The van der Waals surface area contributed by atoms with Gasteiger partial charge in [-0.2, -0.15) is 5.26 Å². The largest absolute Gasteiger partial charge is 0.361 e. The van der Waals surface area contributed by atoms with Gasteiger partial charge in [-0.3, -0.25) is 10.1 Å². The normalized spacial score (nSPS) is 14.7. The van der Waals surface area contributed by atoms with Crippen molar-refractivity contribution in [2.75, 3.05) is 24.5 Å². The first-order valence-corrected chi connectivity index (χ1v) is 5.84. The van der Waals surface area contributed by atoms with E-state index in [4.69, 9.17) is 5.26 Å². The van der Waals surface area contributed by atoms with Crippen molar-refractivity contribution in [1.82, 2.24) is 5.32 Å². The van der Waals surface area contributed by atoms with E-state index in [9.17, 15) is 10.1 Å². The molecular formula is C12H14N4O2. The first-order valence-electron chi connectivity index (χ1n) is 5.84. The van der Waals surface area contributed by atoms with E-state index in [2.05, 4.69) is 5.32 Å². The van der Waals surface area contributed by atoms with Gasteiger partial charge in [0, 0.05) is 19.6 Å². The molecule has 6 nitrogen and oxygen atoms in total. The second-order valence-electron chi connectivity index (χ2n) is 4.14. The van der Waals surface area contributed by atoms with Crippen LogP contribution in [-0.4, -0.2) is 30.6 Å². The Morgan fingerprint density at radius 3 is 2.78 bits per heavy atom. The molecule has 2 rings (SSSR count). The highest BCUT2D eigenvalue weighted by Gasteiger charge is 2.30. The third kappa shape index (κ3) is 2.00. The minimum atomic E-state index is -0.470. The number of benzene rings is 1. The fourth-order valence-electron chi connectivity index (χ4n) is 2.16. The maximum absolute atomic E-state index is 11.2. The molecule has 0 bridgehead atoms. The van der Waals surface area contributed by atoms with Gasteiger partial charge in [0.05, 0.1) is 11.0 Å². The second-order valence-corrected chi connectivity index (χ2v) is 4.14. The van der Waals surface area contributed by atoms with Crippen molar-refractivity contribution in [3.63, 3.8) is 0 Å². The van der Waals surface area contributed by atoms with E-state index in [0.717, 1.165) is 13.1 Å². The van der Waals surface area contributed by atoms with Crippen LogP contribution in [0.2, 0.25) is 0 Å². The number of nitro benzene ring substituents is 1. The molecule has 0 aromatic heterocycles. The van der Waals surface area contributed by atoms with Crippen LogP contribution in [-0.2, 0) is 0 Å². The van der Waals surface area contributed by atoms with Crippen molar-refractivity contribution in [3.8, 4) is 6.07 Å². The van der Waals surface area contributed by atoms with Gasteiger partial charge in [0.25, 0.3) is 0 Å². The zero-order valence-corrected chi connectivity index (χ0v) is 10.1. The molecule has 18 heavy (non-hydrogen) atoms. The Kier molecular flexibility index (Phi) is 3.44. The van der Waals surface area contributed by atoms with Crippen LogP contribution < -0.4 is 10.2 Å². The lowest BCUT2D eigenvalue weighted by molar-refractivity contribution is -0.384. The van der Waals surface area contributed by atoms with Crippen LogP contribution in [0.1, 0.15) is 12.5 Å². The topological polar surface area (TPSA) is 82.2 Å². The molecule has 1 aliphatic heterocycles. The van der Waals surface area contributed by atoms with Crippen LogP contribution in [0.3, 0.4) is 0 Å². The number of nitriles is 1. The molecule has 1 aliphatic rings. The molecule has 0 saturated carbocycles. The van der Waals surface area contributed by atoms with Crippen LogP contribution in [0, 0.1) is 21.4 Å². The zero-order valence-electron chi connectivity index (χ0n) is 10.1. The Bertz CT molecular complexity index is 505. The lowest BCUT2D eigenvalue weighted by Crippen LogP contribution is -2.57. The molecule has 0 aliphatic carbocycles. The summed E-state index contributed by atoms with van der Waals surface area (Å²) in [5, 5.41) is 23.3. The van der Waals surface area contributed by atoms with Crippen LogP contribution in [0.25, 0.3) is 0 Å². The smallest absolute Gasteiger partial charge is 0.310 e. The molecule has 0 unspecified atom stereocenters. The molecule has 94 valence electrons. The summed E-state index contributed by atoms with van der Waals surface area (Å²) in [5.41, 5.74) is 0.560. The number of likely N-dealkylation sites (N-methyl/N-ethyl adjacent to an activating group) is 1. The Balaban J connectivity index is 2.48. The van der Waals surface area contributed by atoms with Crippen LogP contribution in [0.5, 0.6) is 0 Å². The average Bonchev–Trinajstić information content (AvgIpc) is 2.32. The summed E-state index contributed by atoms with van der Waals surface area (Å²) in [6.45, 7) is 4.28. The summed E-state index contributed by atoms with van der Waals surface area (Å²) in [7, 11) is 0. The number of anilines is 1. The fourth-order valence-corrected chi connectivity index (χ4v) is 2.16. The number of hydrogen-bond acceptors (Lipinski definition) is 5. The third-order valence-corrected chi connectivity index (χ3v) is 3.17. The quantitative estimate of drug-likeness (QED) is 0.639. The fraction of sp³-hybridized carbons (Fsp3) is 0.417. The number of para-hydroxylation sites is 1. The molecular weight excluding hydrogens is 232 g/mol. The zero-order chi connectivity index (χ0) is 13.1. The van der Waals surface area contributed by atoms with Gasteiger partial charge in [-0.25, -0.2) is 0 Å². The predicted molar refractivity (Wildman–Crippen MR) is 67.5 cm³/mol. The molecule has 1 heterocycles. The average molecular weight is 246 g/mol. The SMILES string of the molecule is CCN(c1cccc(C#N)c1[N+](=O)[O-])C1CNC1. The van der Waals surface area contributed by atoms with Gasteiger partial charge < -0.3 is 10.2 Å². The lowest BCUT2D eigenvalue weighted by Gasteiger charge is -2.38. The molecule has 1 fully saturated rings.